The molecule has 0 radical (unpaired) electrons. The Bertz CT molecular complexity index is 1250. The molecule has 0 aliphatic carbocycles. The Morgan fingerprint density at radius 2 is 1.40 bits per heavy atom. The number of nitrogens with zero attached hydrogens (tertiary/aromatic N) is 8. The van der Waals surface area contributed by atoms with Gasteiger partial charge in [0.1, 0.15) is 13.5 Å². The smallest absolute Gasteiger partial charge is 0.164 e. The molecule has 4 aromatic rings. The quantitative estimate of drug-likeness (QED) is 0.225. The van der Waals surface area contributed by atoms with Gasteiger partial charge in [-0.3, -0.25) is 23.5 Å². The van der Waals surface area contributed by atoms with Crippen molar-refractivity contribution in [1.29, 1.82) is 0 Å². The highest BCUT2D eigenvalue weighted by Gasteiger charge is 2.21. The molecular formula is C20H23Cl2I3N8O2. The zero-order valence-corrected chi connectivity index (χ0v) is 27.2. The lowest BCUT2D eigenvalue weighted by molar-refractivity contribution is 0.112. The van der Waals surface area contributed by atoms with Crippen molar-refractivity contribution in [1.82, 2.24) is 39.1 Å². The SMILES string of the molecule is CCn1cc(C(O)c2cn(C)nc2I)c(Cl)n1.CCn1cc(I)c(Cl)n1.Cn1cc(C=O)c(I)n1. The van der Waals surface area contributed by atoms with Crippen molar-refractivity contribution in [2.24, 2.45) is 14.1 Å². The van der Waals surface area contributed by atoms with Crippen molar-refractivity contribution in [3.63, 3.8) is 0 Å². The molecule has 0 saturated heterocycles. The zero-order valence-electron chi connectivity index (χ0n) is 19.2. The van der Waals surface area contributed by atoms with Gasteiger partial charge in [-0.25, -0.2) is 0 Å². The van der Waals surface area contributed by atoms with Crippen LogP contribution in [0, 0.1) is 11.0 Å². The van der Waals surface area contributed by atoms with Gasteiger partial charge in [0.25, 0.3) is 0 Å². The molecule has 15 heteroatoms. The molecular weight excluding hydrogens is 836 g/mol. The number of carbonyl (C=O) groups is 1. The Morgan fingerprint density at radius 1 is 0.857 bits per heavy atom. The number of aryl methyl sites for hydroxylation is 4. The first-order valence-electron chi connectivity index (χ1n) is 10.1. The van der Waals surface area contributed by atoms with Gasteiger partial charge in [-0.05, 0) is 81.6 Å². The Balaban J connectivity index is 0.000000203. The van der Waals surface area contributed by atoms with Crippen LogP contribution in [0.4, 0.5) is 0 Å². The van der Waals surface area contributed by atoms with Gasteiger partial charge in [-0.1, -0.05) is 23.2 Å². The Labute approximate surface area is 253 Å². The third kappa shape index (κ3) is 8.65. The lowest BCUT2D eigenvalue weighted by atomic mass is 10.1. The number of aldehydes is 1. The molecule has 10 nitrogen and oxygen atoms in total. The minimum absolute atomic E-state index is 0.332. The Hall–Kier alpha value is -0.760. The minimum Gasteiger partial charge on any atom is -0.383 e. The van der Waals surface area contributed by atoms with Crippen LogP contribution in [-0.2, 0) is 27.2 Å². The van der Waals surface area contributed by atoms with Gasteiger partial charge in [-0.15, -0.1) is 0 Å². The molecule has 0 aliphatic heterocycles. The van der Waals surface area contributed by atoms with Crippen LogP contribution in [0.25, 0.3) is 0 Å². The first-order valence-corrected chi connectivity index (χ1v) is 14.1. The summed E-state index contributed by atoms with van der Waals surface area (Å²) in [6, 6.07) is 0. The third-order valence-electron chi connectivity index (χ3n) is 4.40. The number of aromatic nitrogens is 8. The molecule has 4 rings (SSSR count). The van der Waals surface area contributed by atoms with Gasteiger partial charge in [0.2, 0.25) is 0 Å². The van der Waals surface area contributed by atoms with Gasteiger partial charge in [-0.2, -0.15) is 20.4 Å². The van der Waals surface area contributed by atoms with Gasteiger partial charge in [0.05, 0.1) is 9.13 Å². The van der Waals surface area contributed by atoms with E-state index in [1.165, 1.54) is 0 Å². The standard InChI is InChI=1S/C10H12ClIN4O.C5H6ClIN2.C5H5IN2O/c1-3-16-5-6(9(11)13-16)8(17)7-4-15(2)14-10(7)12;1-2-9-3-4(7)5(6)8-9;1-8-2-4(3-9)5(6)7-8/h4-5,8,17H,3H2,1-2H3;3H,2H2,1H3;2-3H,1H3. The monoisotopic (exact) mass is 858 g/mol. The molecule has 0 saturated carbocycles. The van der Waals surface area contributed by atoms with E-state index in [1.54, 1.807) is 39.7 Å². The Kier molecular flexibility index (Phi) is 12.4. The second-order valence-corrected chi connectivity index (χ2v) is 10.9. The van der Waals surface area contributed by atoms with E-state index in [1.807, 2.05) is 54.4 Å². The average molecular weight is 859 g/mol. The van der Waals surface area contributed by atoms with Crippen molar-refractivity contribution >= 4 is 97.3 Å². The van der Waals surface area contributed by atoms with E-state index < -0.39 is 6.10 Å². The molecule has 190 valence electrons. The molecule has 1 N–H and O–H groups in total. The number of aliphatic hydroxyl groups excluding tert-OH is 1. The lowest BCUT2D eigenvalue weighted by Gasteiger charge is -2.06. The summed E-state index contributed by atoms with van der Waals surface area (Å²) in [5, 5.41) is 27.5. The van der Waals surface area contributed by atoms with Crippen molar-refractivity contribution in [2.45, 2.75) is 33.0 Å². The summed E-state index contributed by atoms with van der Waals surface area (Å²) in [6.07, 6.45) is 7.16. The molecule has 1 atom stereocenters. The van der Waals surface area contributed by atoms with E-state index in [2.05, 4.69) is 65.6 Å². The molecule has 0 aliphatic rings. The summed E-state index contributed by atoms with van der Waals surface area (Å²) in [4.78, 5) is 10.2. The summed E-state index contributed by atoms with van der Waals surface area (Å²) < 4.78 is 9.32. The predicted octanol–water partition coefficient (Wildman–Crippen LogP) is 4.97. The summed E-state index contributed by atoms with van der Waals surface area (Å²) in [7, 11) is 3.60. The van der Waals surface area contributed by atoms with Crippen LogP contribution in [0.15, 0.2) is 24.8 Å². The van der Waals surface area contributed by atoms with Crippen LogP contribution in [-0.4, -0.2) is 50.5 Å². The molecule has 0 bridgehead atoms. The van der Waals surface area contributed by atoms with Crippen LogP contribution in [0.2, 0.25) is 10.3 Å². The summed E-state index contributed by atoms with van der Waals surface area (Å²) in [6.45, 7) is 5.59. The molecule has 0 aromatic carbocycles. The van der Waals surface area contributed by atoms with Crippen LogP contribution >= 0.6 is 91.0 Å². The normalized spacial score (nSPS) is 11.4. The van der Waals surface area contributed by atoms with Crippen LogP contribution < -0.4 is 0 Å². The maximum absolute atomic E-state index is 10.3. The van der Waals surface area contributed by atoms with Crippen LogP contribution in [0.1, 0.15) is 41.4 Å². The number of hydrogen-bond donors (Lipinski definition) is 1. The van der Waals surface area contributed by atoms with Crippen LogP contribution in [0.3, 0.4) is 0 Å². The molecule has 0 amide bonds. The molecule has 4 aromatic heterocycles. The first kappa shape index (κ1) is 30.5. The molecule has 1 unspecified atom stereocenters. The van der Waals surface area contributed by atoms with E-state index in [9.17, 15) is 9.90 Å². The highest BCUT2D eigenvalue weighted by Crippen LogP contribution is 2.29. The van der Waals surface area contributed by atoms with Gasteiger partial charge in [0, 0.05) is 63.1 Å². The third-order valence-corrected chi connectivity index (χ3v) is 7.76. The minimum atomic E-state index is -0.789. The number of hydrogen-bond acceptors (Lipinski definition) is 6. The molecule has 4 heterocycles. The number of rotatable bonds is 5. The van der Waals surface area contributed by atoms with E-state index in [0.717, 1.165) is 35.9 Å². The molecule has 0 fully saturated rings. The lowest BCUT2D eigenvalue weighted by Crippen LogP contribution is -2.00. The van der Waals surface area contributed by atoms with Gasteiger partial charge < -0.3 is 5.11 Å². The van der Waals surface area contributed by atoms with E-state index >= 15 is 0 Å². The fraction of sp³-hybridized carbons (Fsp3) is 0.350. The fourth-order valence-corrected chi connectivity index (χ4v) is 4.89. The second-order valence-electron chi connectivity index (χ2n) is 6.97. The van der Waals surface area contributed by atoms with E-state index in [-0.39, 0.29) is 0 Å². The number of aliphatic hydroxyl groups is 1. The molecule has 35 heavy (non-hydrogen) atoms. The first-order chi connectivity index (χ1) is 16.5. The van der Waals surface area contributed by atoms with E-state index in [0.29, 0.717) is 21.4 Å². The maximum atomic E-state index is 10.3. The maximum Gasteiger partial charge on any atom is 0.164 e. The second kappa shape index (κ2) is 14.3. The highest BCUT2D eigenvalue weighted by molar-refractivity contribution is 14.1. The summed E-state index contributed by atoms with van der Waals surface area (Å²) >= 11 is 17.9. The topological polar surface area (TPSA) is 109 Å². The largest absolute Gasteiger partial charge is 0.383 e. The highest BCUT2D eigenvalue weighted by atomic mass is 127. The summed E-state index contributed by atoms with van der Waals surface area (Å²) in [5.74, 6) is 0. The van der Waals surface area contributed by atoms with Crippen molar-refractivity contribution < 1.29 is 9.90 Å². The number of halogens is 5. The fourth-order valence-electron chi connectivity index (χ4n) is 2.68. The zero-order chi connectivity index (χ0) is 26.3. The Morgan fingerprint density at radius 3 is 1.74 bits per heavy atom. The van der Waals surface area contributed by atoms with Crippen molar-refractivity contribution in [3.8, 4) is 0 Å². The van der Waals surface area contributed by atoms with Crippen molar-refractivity contribution in [3.05, 3.63) is 62.8 Å². The average Bonchev–Trinajstić information content (AvgIpc) is 3.55. The van der Waals surface area contributed by atoms with E-state index in [4.69, 9.17) is 23.2 Å². The van der Waals surface area contributed by atoms with Gasteiger partial charge >= 0.3 is 0 Å². The van der Waals surface area contributed by atoms with Crippen LogP contribution in [0.5, 0.6) is 0 Å². The molecule has 0 spiro atoms. The summed E-state index contributed by atoms with van der Waals surface area (Å²) in [5.41, 5.74) is 2.00. The number of carbonyl (C=O) groups excluding carboxylic acids is 1. The predicted molar refractivity (Wildman–Crippen MR) is 160 cm³/mol. The van der Waals surface area contributed by atoms with Crippen molar-refractivity contribution in [2.75, 3.05) is 0 Å². The van der Waals surface area contributed by atoms with Gasteiger partial charge in [0.15, 0.2) is 16.6 Å².